The van der Waals surface area contributed by atoms with Gasteiger partial charge in [0.2, 0.25) is 5.88 Å². The molecule has 2 aromatic heterocycles. The van der Waals surface area contributed by atoms with Crippen molar-refractivity contribution in [3.63, 3.8) is 0 Å². The lowest BCUT2D eigenvalue weighted by molar-refractivity contribution is 0.162. The minimum absolute atomic E-state index is 0.200. The molecular weight excluding hydrogens is 372 g/mol. The minimum atomic E-state index is 0.200. The highest BCUT2D eigenvalue weighted by Crippen LogP contribution is 2.44. The number of benzene rings is 1. The van der Waals surface area contributed by atoms with Crippen molar-refractivity contribution in [2.75, 3.05) is 31.6 Å². The molecule has 0 bridgehead atoms. The SMILES string of the molecule is CCOc1ncccc1-c1ccc2c(n1)NCC21CCN(Cc2ccccc2)CC1. The predicted molar refractivity (Wildman–Crippen MR) is 120 cm³/mol. The van der Waals surface area contributed by atoms with E-state index in [1.54, 1.807) is 6.20 Å². The van der Waals surface area contributed by atoms with Gasteiger partial charge in [-0.05, 0) is 56.6 Å². The summed E-state index contributed by atoms with van der Waals surface area (Å²) in [5.74, 6) is 1.67. The molecule has 1 fully saturated rings. The van der Waals surface area contributed by atoms with Gasteiger partial charge in [-0.2, -0.15) is 0 Å². The molecule has 1 spiro atoms. The summed E-state index contributed by atoms with van der Waals surface area (Å²) in [7, 11) is 0. The summed E-state index contributed by atoms with van der Waals surface area (Å²) in [6, 6.07) is 19.1. The third kappa shape index (κ3) is 3.54. The summed E-state index contributed by atoms with van der Waals surface area (Å²) >= 11 is 0. The van der Waals surface area contributed by atoms with E-state index in [1.807, 2.05) is 19.1 Å². The van der Waals surface area contributed by atoms with Crippen LogP contribution in [-0.4, -0.2) is 41.1 Å². The Balaban J connectivity index is 1.34. The summed E-state index contributed by atoms with van der Waals surface area (Å²) in [5.41, 5.74) is 4.82. The summed E-state index contributed by atoms with van der Waals surface area (Å²) in [6.07, 6.45) is 4.09. The van der Waals surface area contributed by atoms with E-state index in [0.717, 1.165) is 56.1 Å². The molecule has 1 aromatic carbocycles. The largest absolute Gasteiger partial charge is 0.477 e. The number of nitrogens with zero attached hydrogens (tertiary/aromatic N) is 3. The minimum Gasteiger partial charge on any atom is -0.477 e. The van der Waals surface area contributed by atoms with Crippen molar-refractivity contribution < 1.29 is 4.74 Å². The van der Waals surface area contributed by atoms with Gasteiger partial charge in [0, 0.05) is 30.3 Å². The Morgan fingerprint density at radius 2 is 1.87 bits per heavy atom. The molecule has 5 rings (SSSR count). The highest BCUT2D eigenvalue weighted by atomic mass is 16.5. The van der Waals surface area contributed by atoms with Crippen molar-refractivity contribution in [3.8, 4) is 17.1 Å². The first-order chi connectivity index (χ1) is 14.8. The molecule has 5 heteroatoms. The van der Waals surface area contributed by atoms with E-state index >= 15 is 0 Å². The van der Waals surface area contributed by atoms with Gasteiger partial charge in [0.25, 0.3) is 0 Å². The van der Waals surface area contributed by atoms with E-state index in [2.05, 4.69) is 57.7 Å². The smallest absolute Gasteiger partial charge is 0.222 e. The van der Waals surface area contributed by atoms with Gasteiger partial charge in [0.05, 0.1) is 17.9 Å². The Bertz CT molecular complexity index is 1010. The molecule has 0 atom stereocenters. The zero-order chi connectivity index (χ0) is 20.4. The van der Waals surface area contributed by atoms with Crippen LogP contribution in [0.15, 0.2) is 60.8 Å². The average molecular weight is 401 g/mol. The Kier molecular flexibility index (Phi) is 5.13. The van der Waals surface area contributed by atoms with Gasteiger partial charge in [0.15, 0.2) is 0 Å². The molecule has 4 heterocycles. The van der Waals surface area contributed by atoms with Crippen molar-refractivity contribution in [2.24, 2.45) is 0 Å². The highest BCUT2D eigenvalue weighted by molar-refractivity contribution is 5.69. The maximum absolute atomic E-state index is 5.70. The molecule has 5 nitrogen and oxygen atoms in total. The van der Waals surface area contributed by atoms with Crippen LogP contribution in [-0.2, 0) is 12.0 Å². The molecule has 30 heavy (non-hydrogen) atoms. The second-order valence-corrected chi connectivity index (χ2v) is 8.28. The number of piperidine rings is 1. The zero-order valence-electron chi connectivity index (χ0n) is 17.5. The first-order valence-corrected chi connectivity index (χ1v) is 10.9. The van der Waals surface area contributed by atoms with E-state index in [1.165, 1.54) is 11.1 Å². The summed E-state index contributed by atoms with van der Waals surface area (Å²) in [5, 5.41) is 3.60. The number of nitrogens with one attached hydrogen (secondary N) is 1. The normalized spacial score (nSPS) is 17.5. The fourth-order valence-corrected chi connectivity index (χ4v) is 4.78. The lowest BCUT2D eigenvalue weighted by Gasteiger charge is -2.39. The average Bonchev–Trinajstić information content (AvgIpc) is 3.14. The van der Waals surface area contributed by atoms with Crippen LogP contribution in [0.2, 0.25) is 0 Å². The Morgan fingerprint density at radius 1 is 1.03 bits per heavy atom. The number of pyridine rings is 2. The van der Waals surface area contributed by atoms with Gasteiger partial charge in [-0.15, -0.1) is 0 Å². The van der Waals surface area contributed by atoms with Gasteiger partial charge < -0.3 is 10.1 Å². The molecule has 0 unspecified atom stereocenters. The first-order valence-electron chi connectivity index (χ1n) is 10.9. The fraction of sp³-hybridized carbons (Fsp3) is 0.360. The van der Waals surface area contributed by atoms with E-state index in [-0.39, 0.29) is 5.41 Å². The number of hydrogen-bond acceptors (Lipinski definition) is 5. The van der Waals surface area contributed by atoms with Crippen LogP contribution in [0.5, 0.6) is 5.88 Å². The maximum atomic E-state index is 5.70. The van der Waals surface area contributed by atoms with Crippen LogP contribution in [0, 0.1) is 0 Å². The van der Waals surface area contributed by atoms with Crippen LogP contribution >= 0.6 is 0 Å². The maximum Gasteiger partial charge on any atom is 0.222 e. The molecule has 0 radical (unpaired) electrons. The standard InChI is InChI=1S/C25H28N4O/c1-2-30-24-20(9-6-14-26-24)22-11-10-21-23(28-22)27-18-25(21)12-15-29(16-13-25)17-19-7-4-3-5-8-19/h3-11,14H,2,12-13,15-18H2,1H3,(H,27,28). The van der Waals surface area contributed by atoms with E-state index < -0.39 is 0 Å². The van der Waals surface area contributed by atoms with Gasteiger partial charge in [0.1, 0.15) is 5.82 Å². The fourth-order valence-electron chi connectivity index (χ4n) is 4.78. The third-order valence-electron chi connectivity index (χ3n) is 6.45. The molecule has 1 saturated heterocycles. The molecule has 0 aliphatic carbocycles. The molecule has 154 valence electrons. The van der Waals surface area contributed by atoms with Crippen LogP contribution in [0.25, 0.3) is 11.3 Å². The topological polar surface area (TPSA) is 50.3 Å². The summed E-state index contributed by atoms with van der Waals surface area (Å²) in [6.45, 7) is 6.82. The van der Waals surface area contributed by atoms with Gasteiger partial charge >= 0.3 is 0 Å². The summed E-state index contributed by atoms with van der Waals surface area (Å²) in [4.78, 5) is 11.9. The van der Waals surface area contributed by atoms with Crippen molar-refractivity contribution in [1.29, 1.82) is 0 Å². The van der Waals surface area contributed by atoms with Crippen LogP contribution in [0.4, 0.5) is 5.82 Å². The molecule has 1 N–H and O–H groups in total. The van der Waals surface area contributed by atoms with E-state index in [4.69, 9.17) is 9.72 Å². The number of ether oxygens (including phenoxy) is 1. The van der Waals surface area contributed by atoms with Crippen molar-refractivity contribution in [1.82, 2.24) is 14.9 Å². The van der Waals surface area contributed by atoms with Crippen molar-refractivity contribution in [2.45, 2.75) is 31.7 Å². The lowest BCUT2D eigenvalue weighted by Crippen LogP contribution is -2.43. The number of rotatable bonds is 5. The van der Waals surface area contributed by atoms with Gasteiger partial charge in [-0.25, -0.2) is 9.97 Å². The molecule has 0 amide bonds. The number of likely N-dealkylation sites (tertiary alicyclic amines) is 1. The van der Waals surface area contributed by atoms with E-state index in [9.17, 15) is 0 Å². The second-order valence-electron chi connectivity index (χ2n) is 8.28. The molecule has 3 aromatic rings. The Hall–Kier alpha value is -2.92. The first kappa shape index (κ1) is 19.1. The molecule has 2 aliphatic heterocycles. The lowest BCUT2D eigenvalue weighted by atomic mass is 9.74. The second kappa shape index (κ2) is 8.07. The van der Waals surface area contributed by atoms with Crippen LogP contribution in [0.3, 0.4) is 0 Å². The van der Waals surface area contributed by atoms with Crippen molar-refractivity contribution >= 4 is 5.82 Å². The van der Waals surface area contributed by atoms with E-state index in [0.29, 0.717) is 12.5 Å². The molecular formula is C25H28N4O. The monoisotopic (exact) mass is 400 g/mol. The van der Waals surface area contributed by atoms with Crippen LogP contribution in [0.1, 0.15) is 30.9 Å². The van der Waals surface area contributed by atoms with Gasteiger partial charge in [-0.1, -0.05) is 36.4 Å². The molecule has 2 aliphatic rings. The number of anilines is 1. The number of hydrogen-bond donors (Lipinski definition) is 1. The predicted octanol–water partition coefficient (Wildman–Crippen LogP) is 4.50. The number of aromatic nitrogens is 2. The van der Waals surface area contributed by atoms with Crippen molar-refractivity contribution in [3.05, 3.63) is 71.9 Å². The quantitative estimate of drug-likeness (QED) is 0.683. The third-order valence-corrected chi connectivity index (χ3v) is 6.45. The molecule has 0 saturated carbocycles. The summed E-state index contributed by atoms with van der Waals surface area (Å²) < 4.78 is 5.70. The highest BCUT2D eigenvalue weighted by Gasteiger charge is 2.42. The van der Waals surface area contributed by atoms with Crippen LogP contribution < -0.4 is 10.1 Å². The number of fused-ring (bicyclic) bond motifs is 2. The Labute approximate surface area is 178 Å². The van der Waals surface area contributed by atoms with Gasteiger partial charge in [-0.3, -0.25) is 4.90 Å². The Morgan fingerprint density at radius 3 is 2.67 bits per heavy atom. The zero-order valence-corrected chi connectivity index (χ0v) is 17.5.